The third kappa shape index (κ3) is 2.08. The maximum Gasteiger partial charge on any atom is 0.182 e. The van der Waals surface area contributed by atoms with Gasteiger partial charge >= 0.3 is 0 Å². The highest BCUT2D eigenvalue weighted by atomic mass is 127. The first kappa shape index (κ1) is 12.2. The molecule has 2 aromatic carbocycles. The van der Waals surface area contributed by atoms with Crippen molar-refractivity contribution in [1.29, 1.82) is 0 Å². The van der Waals surface area contributed by atoms with Crippen LogP contribution in [0, 0.1) is 8.34 Å². The number of hydrogen-bond donors (Lipinski definition) is 1. The minimum absolute atomic E-state index is 0.675. The molecule has 0 fully saturated rings. The Morgan fingerprint density at radius 2 is 1.83 bits per heavy atom. The van der Waals surface area contributed by atoms with Gasteiger partial charge in [0.2, 0.25) is 0 Å². The molecular formula is C13H8ClIN2S. The topological polar surface area (TPSA) is 20.7 Å². The number of imidazole rings is 1. The second-order valence-electron chi connectivity index (χ2n) is 3.90. The lowest BCUT2D eigenvalue weighted by molar-refractivity contribution is 1.06. The summed E-state index contributed by atoms with van der Waals surface area (Å²) in [5.74, 6) is 0. The van der Waals surface area contributed by atoms with Crippen LogP contribution >= 0.6 is 46.4 Å². The van der Waals surface area contributed by atoms with E-state index in [4.69, 9.17) is 23.8 Å². The fourth-order valence-corrected chi connectivity index (χ4v) is 2.78. The van der Waals surface area contributed by atoms with Gasteiger partial charge in [-0.15, -0.1) is 0 Å². The van der Waals surface area contributed by atoms with Crippen LogP contribution in [-0.2, 0) is 0 Å². The molecule has 3 aromatic rings. The van der Waals surface area contributed by atoms with Crippen molar-refractivity contribution in [2.24, 2.45) is 0 Å². The predicted molar refractivity (Wildman–Crippen MR) is 86.2 cm³/mol. The average molecular weight is 387 g/mol. The van der Waals surface area contributed by atoms with Crippen molar-refractivity contribution in [2.75, 3.05) is 0 Å². The molecule has 90 valence electrons. The molecule has 0 saturated carbocycles. The van der Waals surface area contributed by atoms with Gasteiger partial charge < -0.3 is 4.98 Å². The van der Waals surface area contributed by atoms with Gasteiger partial charge in [0.15, 0.2) is 4.77 Å². The van der Waals surface area contributed by atoms with Crippen molar-refractivity contribution in [3.63, 3.8) is 0 Å². The van der Waals surface area contributed by atoms with Crippen LogP contribution < -0.4 is 0 Å². The second-order valence-corrected chi connectivity index (χ2v) is 5.97. The molecule has 0 aliphatic rings. The lowest BCUT2D eigenvalue weighted by Crippen LogP contribution is -1.93. The summed E-state index contributed by atoms with van der Waals surface area (Å²) < 4.78 is 3.89. The summed E-state index contributed by atoms with van der Waals surface area (Å²) in [6, 6.07) is 14.0. The first-order valence-electron chi connectivity index (χ1n) is 5.31. The van der Waals surface area contributed by atoms with Crippen LogP contribution in [0.15, 0.2) is 42.5 Å². The van der Waals surface area contributed by atoms with Crippen LogP contribution in [0.25, 0.3) is 16.7 Å². The Labute approximate surface area is 128 Å². The number of benzene rings is 2. The lowest BCUT2D eigenvalue weighted by Gasteiger charge is -2.04. The number of hydrogen-bond acceptors (Lipinski definition) is 1. The normalized spacial score (nSPS) is 11.0. The highest BCUT2D eigenvalue weighted by molar-refractivity contribution is 14.1. The lowest BCUT2D eigenvalue weighted by atomic mass is 10.3. The standard InChI is InChI=1S/C13H8ClIN2S/c14-8-1-6-12-11(7-8)16-13(18)17(12)10-4-2-9(15)3-5-10/h1-7H,(H,16,18). The summed E-state index contributed by atoms with van der Waals surface area (Å²) in [6.07, 6.45) is 0. The molecule has 3 rings (SSSR count). The number of rotatable bonds is 1. The van der Waals surface area contributed by atoms with Crippen molar-refractivity contribution < 1.29 is 0 Å². The largest absolute Gasteiger partial charge is 0.330 e. The minimum Gasteiger partial charge on any atom is -0.330 e. The molecule has 0 amide bonds. The number of aromatic amines is 1. The molecule has 0 spiro atoms. The monoisotopic (exact) mass is 386 g/mol. The zero-order valence-electron chi connectivity index (χ0n) is 9.15. The first-order chi connectivity index (χ1) is 8.65. The molecular weight excluding hydrogens is 379 g/mol. The van der Waals surface area contributed by atoms with Crippen molar-refractivity contribution >= 4 is 57.4 Å². The molecule has 5 heteroatoms. The molecule has 0 radical (unpaired) electrons. The molecule has 0 aliphatic heterocycles. The quantitative estimate of drug-likeness (QED) is 0.464. The number of halogens is 2. The molecule has 0 bridgehead atoms. The van der Waals surface area contributed by atoms with E-state index in [9.17, 15) is 0 Å². The fraction of sp³-hybridized carbons (Fsp3) is 0. The smallest absolute Gasteiger partial charge is 0.182 e. The van der Waals surface area contributed by atoms with Gasteiger partial charge in [-0.2, -0.15) is 0 Å². The number of nitrogens with zero attached hydrogens (tertiary/aromatic N) is 1. The summed E-state index contributed by atoms with van der Waals surface area (Å²) in [7, 11) is 0. The van der Waals surface area contributed by atoms with Crippen LogP contribution in [-0.4, -0.2) is 9.55 Å². The summed E-state index contributed by atoms with van der Waals surface area (Å²) >= 11 is 13.6. The van der Waals surface area contributed by atoms with Crippen LogP contribution in [0.3, 0.4) is 0 Å². The van der Waals surface area contributed by atoms with Gasteiger partial charge in [0.25, 0.3) is 0 Å². The Morgan fingerprint density at radius 1 is 1.11 bits per heavy atom. The molecule has 18 heavy (non-hydrogen) atoms. The van der Waals surface area contributed by atoms with Crippen LogP contribution in [0.4, 0.5) is 0 Å². The molecule has 2 nitrogen and oxygen atoms in total. The Morgan fingerprint density at radius 3 is 2.56 bits per heavy atom. The maximum absolute atomic E-state index is 5.98. The Balaban J connectivity index is 2.32. The number of aromatic nitrogens is 2. The maximum atomic E-state index is 5.98. The van der Waals surface area contributed by atoms with E-state index in [1.807, 2.05) is 22.8 Å². The Kier molecular flexibility index (Phi) is 3.17. The average Bonchev–Trinajstić information content (AvgIpc) is 2.65. The van der Waals surface area contributed by atoms with Gasteiger partial charge in [-0.1, -0.05) is 11.6 Å². The number of H-pyrrole nitrogens is 1. The second kappa shape index (κ2) is 4.68. The molecule has 0 saturated heterocycles. The van der Waals surface area contributed by atoms with E-state index in [-0.39, 0.29) is 0 Å². The molecule has 1 aromatic heterocycles. The van der Waals surface area contributed by atoms with Crippen molar-refractivity contribution in [3.05, 3.63) is 55.8 Å². The third-order valence-electron chi connectivity index (χ3n) is 2.73. The predicted octanol–water partition coefficient (Wildman–Crippen LogP) is 4.95. The fourth-order valence-electron chi connectivity index (χ4n) is 1.93. The molecule has 0 atom stereocenters. The van der Waals surface area contributed by atoms with E-state index in [2.05, 4.69) is 51.8 Å². The Hall–Kier alpha value is -0.850. The van der Waals surface area contributed by atoms with Gasteiger partial charge in [-0.25, -0.2) is 0 Å². The van der Waals surface area contributed by atoms with Crippen LogP contribution in [0.5, 0.6) is 0 Å². The third-order valence-corrected chi connectivity index (χ3v) is 3.97. The van der Waals surface area contributed by atoms with Gasteiger partial charge in [0.1, 0.15) is 0 Å². The summed E-state index contributed by atoms with van der Waals surface area (Å²) in [6.45, 7) is 0. The van der Waals surface area contributed by atoms with E-state index in [0.29, 0.717) is 9.79 Å². The van der Waals surface area contributed by atoms with Crippen LogP contribution in [0.2, 0.25) is 5.02 Å². The molecule has 1 heterocycles. The highest BCUT2D eigenvalue weighted by Crippen LogP contribution is 2.23. The van der Waals surface area contributed by atoms with Gasteiger partial charge in [-0.05, 0) is 77.3 Å². The van der Waals surface area contributed by atoms with Crippen molar-refractivity contribution in [1.82, 2.24) is 9.55 Å². The summed E-state index contributed by atoms with van der Waals surface area (Å²) in [5.41, 5.74) is 3.03. The van der Waals surface area contributed by atoms with E-state index in [1.165, 1.54) is 3.57 Å². The van der Waals surface area contributed by atoms with Gasteiger partial charge in [-0.3, -0.25) is 4.57 Å². The van der Waals surface area contributed by atoms with E-state index in [1.54, 1.807) is 0 Å². The molecule has 0 unspecified atom stereocenters. The summed E-state index contributed by atoms with van der Waals surface area (Å²) in [5, 5.41) is 0.702. The number of fused-ring (bicyclic) bond motifs is 1. The molecule has 0 aliphatic carbocycles. The van der Waals surface area contributed by atoms with Crippen LogP contribution in [0.1, 0.15) is 0 Å². The highest BCUT2D eigenvalue weighted by Gasteiger charge is 2.06. The SMILES string of the molecule is S=c1[nH]c2cc(Cl)ccc2n1-c1ccc(I)cc1. The Bertz CT molecular complexity index is 774. The van der Waals surface area contributed by atoms with Gasteiger partial charge in [0.05, 0.1) is 11.0 Å². The van der Waals surface area contributed by atoms with E-state index >= 15 is 0 Å². The minimum atomic E-state index is 0.675. The first-order valence-corrected chi connectivity index (χ1v) is 7.18. The molecule has 1 N–H and O–H groups in total. The van der Waals surface area contributed by atoms with Gasteiger partial charge in [0, 0.05) is 14.3 Å². The zero-order valence-corrected chi connectivity index (χ0v) is 12.9. The van der Waals surface area contributed by atoms with Crippen molar-refractivity contribution in [3.8, 4) is 5.69 Å². The van der Waals surface area contributed by atoms with E-state index in [0.717, 1.165) is 16.7 Å². The number of nitrogens with one attached hydrogen (secondary N) is 1. The van der Waals surface area contributed by atoms with E-state index < -0.39 is 0 Å². The van der Waals surface area contributed by atoms with Crippen molar-refractivity contribution in [2.45, 2.75) is 0 Å². The summed E-state index contributed by atoms with van der Waals surface area (Å²) in [4.78, 5) is 3.17. The zero-order chi connectivity index (χ0) is 12.7.